The second-order valence-corrected chi connectivity index (χ2v) is 9.48. The van der Waals surface area contributed by atoms with E-state index >= 15 is 0 Å². The molecule has 184 valence electrons. The van der Waals surface area contributed by atoms with Gasteiger partial charge in [-0.1, -0.05) is 55.1 Å². The lowest BCUT2D eigenvalue weighted by Crippen LogP contribution is -2.50. The van der Waals surface area contributed by atoms with Crippen molar-refractivity contribution in [3.63, 3.8) is 0 Å². The van der Waals surface area contributed by atoms with E-state index in [0.717, 1.165) is 44.5 Å². The quantitative estimate of drug-likeness (QED) is 0.398. The minimum atomic E-state index is -0.280. The Hall–Kier alpha value is -2.15. The number of unbranched alkanes of at least 4 members (excludes halogenated alkanes) is 2. The molecular formula is C26H32Cl2FN3O2. The summed E-state index contributed by atoms with van der Waals surface area (Å²) in [6.45, 7) is 6.62. The number of rotatable bonds is 10. The van der Waals surface area contributed by atoms with Crippen LogP contribution in [0.5, 0.6) is 0 Å². The first-order chi connectivity index (χ1) is 16.4. The van der Waals surface area contributed by atoms with Crippen LogP contribution in [0.3, 0.4) is 0 Å². The normalized spacial score (nSPS) is 14.3. The molecule has 0 aliphatic carbocycles. The van der Waals surface area contributed by atoms with Crippen LogP contribution in [0.2, 0.25) is 10.0 Å². The Balaban J connectivity index is 1.53. The SMILES string of the molecule is CCCCCC(=O)N(CCN1CCN(C(=O)c2ccc(Cl)c(Cl)c2)CC1)Cc1ccc(F)cc1. The molecule has 1 fully saturated rings. The van der Waals surface area contributed by atoms with Crippen LogP contribution in [-0.4, -0.2) is 65.8 Å². The summed E-state index contributed by atoms with van der Waals surface area (Å²) in [5, 5.41) is 0.800. The molecule has 3 rings (SSSR count). The molecule has 0 spiro atoms. The highest BCUT2D eigenvalue weighted by Crippen LogP contribution is 2.23. The highest BCUT2D eigenvalue weighted by molar-refractivity contribution is 6.42. The van der Waals surface area contributed by atoms with E-state index in [-0.39, 0.29) is 17.6 Å². The molecule has 1 heterocycles. The van der Waals surface area contributed by atoms with Crippen molar-refractivity contribution in [2.45, 2.75) is 39.2 Å². The van der Waals surface area contributed by atoms with E-state index in [1.165, 1.54) is 12.1 Å². The molecule has 0 N–H and O–H groups in total. The van der Waals surface area contributed by atoms with Crippen LogP contribution in [-0.2, 0) is 11.3 Å². The number of carbonyl (C=O) groups excluding carboxylic acids is 2. The van der Waals surface area contributed by atoms with E-state index in [1.807, 2.05) is 9.80 Å². The van der Waals surface area contributed by atoms with Crippen molar-refractivity contribution in [2.75, 3.05) is 39.3 Å². The first kappa shape index (κ1) is 26.5. The van der Waals surface area contributed by atoms with Crippen LogP contribution in [0.25, 0.3) is 0 Å². The maximum absolute atomic E-state index is 13.3. The molecule has 1 saturated heterocycles. The molecule has 34 heavy (non-hydrogen) atoms. The number of carbonyl (C=O) groups is 2. The Bertz CT molecular complexity index is 963. The predicted molar refractivity (Wildman–Crippen MR) is 135 cm³/mol. The Kier molecular flexibility index (Phi) is 10.2. The molecule has 5 nitrogen and oxygen atoms in total. The minimum Gasteiger partial charge on any atom is -0.337 e. The zero-order valence-electron chi connectivity index (χ0n) is 19.6. The van der Waals surface area contributed by atoms with Crippen molar-refractivity contribution in [3.05, 3.63) is 69.5 Å². The molecule has 0 saturated carbocycles. The standard InChI is InChI=1S/C26H32Cl2FN3O2/c1-2-3-4-5-25(33)32(19-20-6-9-22(29)10-7-20)17-14-30-12-15-31(16-13-30)26(34)21-8-11-23(27)24(28)18-21/h6-11,18H,2-5,12-17,19H2,1H3. The van der Waals surface area contributed by atoms with Crippen LogP contribution >= 0.6 is 23.2 Å². The van der Waals surface area contributed by atoms with Crippen molar-refractivity contribution in [1.29, 1.82) is 0 Å². The van der Waals surface area contributed by atoms with Gasteiger partial charge in [0.15, 0.2) is 0 Å². The average Bonchev–Trinajstić information content (AvgIpc) is 2.84. The van der Waals surface area contributed by atoms with E-state index in [2.05, 4.69) is 11.8 Å². The number of hydrogen-bond acceptors (Lipinski definition) is 3. The van der Waals surface area contributed by atoms with Crippen LogP contribution in [0, 0.1) is 5.82 Å². The number of hydrogen-bond donors (Lipinski definition) is 0. The van der Waals surface area contributed by atoms with Crippen molar-refractivity contribution in [1.82, 2.24) is 14.7 Å². The first-order valence-corrected chi connectivity index (χ1v) is 12.6. The molecule has 0 radical (unpaired) electrons. The van der Waals surface area contributed by atoms with Gasteiger partial charge in [-0.05, 0) is 42.3 Å². The monoisotopic (exact) mass is 507 g/mol. The third-order valence-electron chi connectivity index (χ3n) is 6.15. The molecule has 2 aromatic carbocycles. The molecule has 0 unspecified atom stereocenters. The average molecular weight is 508 g/mol. The van der Waals surface area contributed by atoms with Gasteiger partial charge in [0.1, 0.15) is 5.82 Å². The highest BCUT2D eigenvalue weighted by atomic mass is 35.5. The number of piperazine rings is 1. The van der Waals surface area contributed by atoms with Gasteiger partial charge in [0.25, 0.3) is 5.91 Å². The van der Waals surface area contributed by atoms with E-state index in [4.69, 9.17) is 23.2 Å². The third kappa shape index (κ3) is 7.69. The summed E-state index contributed by atoms with van der Waals surface area (Å²) >= 11 is 12.0. The van der Waals surface area contributed by atoms with Gasteiger partial charge in [-0.3, -0.25) is 14.5 Å². The van der Waals surface area contributed by atoms with Crippen LogP contribution in [0.4, 0.5) is 4.39 Å². The van der Waals surface area contributed by atoms with E-state index < -0.39 is 0 Å². The Morgan fingerprint density at radius 2 is 1.68 bits per heavy atom. The summed E-state index contributed by atoms with van der Waals surface area (Å²) in [6, 6.07) is 11.3. The van der Waals surface area contributed by atoms with Gasteiger partial charge in [0.2, 0.25) is 5.91 Å². The number of amides is 2. The van der Waals surface area contributed by atoms with Crippen molar-refractivity contribution in [3.8, 4) is 0 Å². The van der Waals surface area contributed by atoms with Crippen molar-refractivity contribution < 1.29 is 14.0 Å². The van der Waals surface area contributed by atoms with Gasteiger partial charge in [0, 0.05) is 57.8 Å². The van der Waals surface area contributed by atoms with Gasteiger partial charge in [-0.2, -0.15) is 0 Å². The lowest BCUT2D eigenvalue weighted by atomic mass is 10.1. The topological polar surface area (TPSA) is 43.9 Å². The van der Waals surface area contributed by atoms with Crippen molar-refractivity contribution in [2.24, 2.45) is 0 Å². The first-order valence-electron chi connectivity index (χ1n) is 11.9. The maximum Gasteiger partial charge on any atom is 0.253 e. The fourth-order valence-electron chi connectivity index (χ4n) is 4.03. The number of nitrogens with zero attached hydrogens (tertiary/aromatic N) is 3. The van der Waals surface area contributed by atoms with Gasteiger partial charge >= 0.3 is 0 Å². The van der Waals surface area contributed by atoms with E-state index in [0.29, 0.717) is 48.2 Å². The second kappa shape index (κ2) is 13.1. The number of halogens is 3. The molecule has 0 aromatic heterocycles. The fourth-order valence-corrected chi connectivity index (χ4v) is 4.33. The summed E-state index contributed by atoms with van der Waals surface area (Å²) in [4.78, 5) is 31.6. The summed E-state index contributed by atoms with van der Waals surface area (Å²) in [7, 11) is 0. The van der Waals surface area contributed by atoms with Crippen LogP contribution < -0.4 is 0 Å². The maximum atomic E-state index is 13.3. The molecule has 0 bridgehead atoms. The Morgan fingerprint density at radius 1 is 0.971 bits per heavy atom. The zero-order chi connectivity index (χ0) is 24.5. The Morgan fingerprint density at radius 3 is 2.32 bits per heavy atom. The molecule has 2 amide bonds. The zero-order valence-corrected chi connectivity index (χ0v) is 21.1. The molecule has 1 aliphatic rings. The van der Waals surface area contributed by atoms with Gasteiger partial charge in [0.05, 0.1) is 10.0 Å². The summed E-state index contributed by atoms with van der Waals surface area (Å²) in [6.07, 6.45) is 3.51. The molecule has 1 aliphatic heterocycles. The molecule has 0 atom stereocenters. The van der Waals surface area contributed by atoms with Crippen molar-refractivity contribution >= 4 is 35.0 Å². The van der Waals surface area contributed by atoms with Gasteiger partial charge in [-0.15, -0.1) is 0 Å². The van der Waals surface area contributed by atoms with Gasteiger partial charge in [-0.25, -0.2) is 4.39 Å². The predicted octanol–water partition coefficient (Wildman–Crippen LogP) is 5.50. The summed E-state index contributed by atoms with van der Waals surface area (Å²) in [5.41, 5.74) is 1.45. The largest absolute Gasteiger partial charge is 0.337 e. The molecule has 8 heteroatoms. The second-order valence-electron chi connectivity index (χ2n) is 8.66. The smallest absolute Gasteiger partial charge is 0.253 e. The van der Waals surface area contributed by atoms with E-state index in [9.17, 15) is 14.0 Å². The van der Waals surface area contributed by atoms with Crippen LogP contribution in [0.15, 0.2) is 42.5 Å². The lowest BCUT2D eigenvalue weighted by molar-refractivity contribution is -0.132. The summed E-state index contributed by atoms with van der Waals surface area (Å²) in [5.74, 6) is -0.202. The number of benzene rings is 2. The van der Waals surface area contributed by atoms with E-state index in [1.54, 1.807) is 30.3 Å². The van der Waals surface area contributed by atoms with Gasteiger partial charge < -0.3 is 9.80 Å². The minimum absolute atomic E-state index is 0.0535. The highest BCUT2D eigenvalue weighted by Gasteiger charge is 2.23. The third-order valence-corrected chi connectivity index (χ3v) is 6.88. The lowest BCUT2D eigenvalue weighted by Gasteiger charge is -2.36. The molecule has 2 aromatic rings. The Labute approximate surface area is 211 Å². The van der Waals surface area contributed by atoms with Crippen LogP contribution in [0.1, 0.15) is 48.5 Å². The fraction of sp³-hybridized carbons (Fsp3) is 0.462. The molecular weight excluding hydrogens is 476 g/mol. The summed E-state index contributed by atoms with van der Waals surface area (Å²) < 4.78 is 13.3.